The zero-order valence-electron chi connectivity index (χ0n) is 12.5. The summed E-state index contributed by atoms with van der Waals surface area (Å²) in [6, 6.07) is 2.53. The maximum absolute atomic E-state index is 3.85. The molecule has 0 amide bonds. The third-order valence-corrected chi connectivity index (χ3v) is 5.33. The van der Waals surface area contributed by atoms with Crippen molar-refractivity contribution in [3.05, 3.63) is 0 Å². The molecule has 5 unspecified atom stereocenters. The Morgan fingerprint density at radius 2 is 1.89 bits per heavy atom. The van der Waals surface area contributed by atoms with Crippen LogP contribution in [0.25, 0.3) is 0 Å². The molecule has 0 aromatic carbocycles. The van der Waals surface area contributed by atoms with Crippen LogP contribution in [0.2, 0.25) is 0 Å². The van der Waals surface area contributed by atoms with Gasteiger partial charge in [-0.25, -0.2) is 0 Å². The highest BCUT2D eigenvalue weighted by molar-refractivity contribution is 5.11. The van der Waals surface area contributed by atoms with Crippen LogP contribution in [-0.4, -0.2) is 36.1 Å². The van der Waals surface area contributed by atoms with Crippen molar-refractivity contribution in [2.75, 3.05) is 13.1 Å². The van der Waals surface area contributed by atoms with Gasteiger partial charge in [0.15, 0.2) is 0 Å². The van der Waals surface area contributed by atoms with Crippen LogP contribution in [0.15, 0.2) is 0 Å². The maximum Gasteiger partial charge on any atom is 0.0267 e. The normalized spacial score (nSPS) is 43.3. The van der Waals surface area contributed by atoms with Crippen molar-refractivity contribution in [2.24, 2.45) is 23.7 Å². The van der Waals surface area contributed by atoms with Crippen molar-refractivity contribution < 1.29 is 0 Å². The second-order valence-electron chi connectivity index (χ2n) is 7.79. The molecule has 2 nitrogen and oxygen atoms in total. The van der Waals surface area contributed by atoms with Gasteiger partial charge in [-0.15, -0.1) is 0 Å². The van der Waals surface area contributed by atoms with Crippen LogP contribution in [0.3, 0.4) is 0 Å². The van der Waals surface area contributed by atoms with Gasteiger partial charge in [0.2, 0.25) is 0 Å². The van der Waals surface area contributed by atoms with Crippen molar-refractivity contribution in [3.8, 4) is 0 Å². The number of fused-ring (bicyclic) bond motifs is 1. The molecule has 1 N–H and O–H groups in total. The zero-order valence-corrected chi connectivity index (χ0v) is 12.5. The van der Waals surface area contributed by atoms with Crippen molar-refractivity contribution in [1.82, 2.24) is 10.2 Å². The lowest BCUT2D eigenvalue weighted by Crippen LogP contribution is -2.56. The molecule has 4 rings (SSSR count). The van der Waals surface area contributed by atoms with E-state index in [0.29, 0.717) is 0 Å². The third-order valence-electron chi connectivity index (χ3n) is 5.33. The standard InChI is InChI=1S/C16H30N2/c1-10(2)5-14-13-6-12-7-15(16(13)17-8-12)18(14)9-11(3)4/h10-17H,5-9H2,1-4H3. The average molecular weight is 250 g/mol. The number of hydrogen-bond donors (Lipinski definition) is 1. The van der Waals surface area contributed by atoms with Crippen LogP contribution in [0.4, 0.5) is 0 Å². The summed E-state index contributed by atoms with van der Waals surface area (Å²) in [6.07, 6.45) is 4.37. The second kappa shape index (κ2) is 4.79. The molecule has 1 aliphatic carbocycles. The van der Waals surface area contributed by atoms with Gasteiger partial charge in [-0.1, -0.05) is 27.7 Å². The summed E-state index contributed by atoms with van der Waals surface area (Å²) in [6.45, 7) is 12.1. The predicted octanol–water partition coefficient (Wildman–Crippen LogP) is 2.74. The van der Waals surface area contributed by atoms with E-state index in [2.05, 4.69) is 37.9 Å². The smallest absolute Gasteiger partial charge is 0.0267 e. The van der Waals surface area contributed by atoms with Gasteiger partial charge in [0.25, 0.3) is 0 Å². The Morgan fingerprint density at radius 3 is 2.50 bits per heavy atom. The fourth-order valence-corrected chi connectivity index (χ4v) is 4.87. The van der Waals surface area contributed by atoms with Crippen LogP contribution < -0.4 is 5.32 Å². The summed E-state index contributed by atoms with van der Waals surface area (Å²) in [5.74, 6) is 3.56. The first-order chi connectivity index (χ1) is 8.56. The van der Waals surface area contributed by atoms with Crippen LogP contribution in [0.1, 0.15) is 47.0 Å². The molecule has 0 spiro atoms. The highest BCUT2D eigenvalue weighted by Crippen LogP contribution is 2.47. The summed E-state index contributed by atoms with van der Waals surface area (Å²) in [5.41, 5.74) is 0. The molecule has 18 heavy (non-hydrogen) atoms. The van der Waals surface area contributed by atoms with E-state index in [4.69, 9.17) is 0 Å². The third kappa shape index (κ3) is 2.12. The molecule has 4 bridgehead atoms. The van der Waals surface area contributed by atoms with E-state index in [1.54, 1.807) is 0 Å². The lowest BCUT2D eigenvalue weighted by molar-refractivity contribution is 0.116. The zero-order chi connectivity index (χ0) is 12.9. The quantitative estimate of drug-likeness (QED) is 0.825. The van der Waals surface area contributed by atoms with Gasteiger partial charge >= 0.3 is 0 Å². The molecule has 4 fully saturated rings. The van der Waals surface area contributed by atoms with Crippen molar-refractivity contribution in [1.29, 1.82) is 0 Å². The van der Waals surface area contributed by atoms with Crippen molar-refractivity contribution >= 4 is 0 Å². The van der Waals surface area contributed by atoms with Crippen LogP contribution in [-0.2, 0) is 0 Å². The molecule has 2 heteroatoms. The van der Waals surface area contributed by atoms with E-state index in [1.165, 1.54) is 32.4 Å². The van der Waals surface area contributed by atoms with Crippen LogP contribution >= 0.6 is 0 Å². The molecule has 3 saturated heterocycles. The van der Waals surface area contributed by atoms with E-state index in [1.807, 2.05) is 0 Å². The van der Waals surface area contributed by atoms with Crippen molar-refractivity contribution in [3.63, 3.8) is 0 Å². The first-order valence-electron chi connectivity index (χ1n) is 8.05. The molecule has 0 radical (unpaired) electrons. The molecule has 3 aliphatic heterocycles. The Labute approximate surface area is 113 Å². The van der Waals surface area contributed by atoms with E-state index >= 15 is 0 Å². The summed E-state index contributed by atoms with van der Waals surface area (Å²) in [4.78, 5) is 2.90. The molecule has 1 saturated carbocycles. The van der Waals surface area contributed by atoms with Gasteiger partial charge < -0.3 is 5.32 Å². The molecule has 4 aliphatic rings. The predicted molar refractivity (Wildman–Crippen MR) is 76.6 cm³/mol. The number of nitrogens with one attached hydrogen (secondary N) is 1. The van der Waals surface area contributed by atoms with Gasteiger partial charge in [-0.05, 0) is 49.5 Å². The molecule has 0 aromatic heterocycles. The Kier molecular flexibility index (Phi) is 3.44. The lowest BCUT2D eigenvalue weighted by atomic mass is 9.72. The number of rotatable bonds is 4. The summed E-state index contributed by atoms with van der Waals surface area (Å²) in [7, 11) is 0. The minimum atomic E-state index is 0.803. The Morgan fingerprint density at radius 1 is 1.11 bits per heavy atom. The number of piperidine rings is 2. The van der Waals surface area contributed by atoms with E-state index in [0.717, 1.165) is 41.8 Å². The number of nitrogens with zero attached hydrogens (tertiary/aromatic N) is 1. The summed E-state index contributed by atoms with van der Waals surface area (Å²) in [5, 5.41) is 3.85. The molecule has 0 aromatic rings. The largest absolute Gasteiger partial charge is 0.312 e. The molecule has 5 atom stereocenters. The van der Waals surface area contributed by atoms with E-state index in [-0.39, 0.29) is 0 Å². The van der Waals surface area contributed by atoms with Gasteiger partial charge in [-0.2, -0.15) is 0 Å². The topological polar surface area (TPSA) is 15.3 Å². The van der Waals surface area contributed by atoms with Gasteiger partial charge in [0.05, 0.1) is 0 Å². The molecule has 104 valence electrons. The van der Waals surface area contributed by atoms with E-state index in [9.17, 15) is 0 Å². The second-order valence-corrected chi connectivity index (χ2v) is 7.79. The minimum absolute atomic E-state index is 0.803. The number of hydrogen-bond acceptors (Lipinski definition) is 2. The molecular formula is C16H30N2. The van der Waals surface area contributed by atoms with Gasteiger partial charge in [0, 0.05) is 24.7 Å². The SMILES string of the molecule is CC(C)CC1C2CC3CNC2C(C3)N1CC(C)C. The molecular weight excluding hydrogens is 220 g/mol. The fourth-order valence-electron chi connectivity index (χ4n) is 4.87. The van der Waals surface area contributed by atoms with E-state index < -0.39 is 0 Å². The Balaban J connectivity index is 1.81. The molecule has 3 heterocycles. The Hall–Kier alpha value is -0.0800. The van der Waals surface area contributed by atoms with Gasteiger partial charge in [0.1, 0.15) is 0 Å². The highest BCUT2D eigenvalue weighted by Gasteiger charge is 2.54. The number of likely N-dealkylation sites (tertiary alicyclic amines) is 1. The first kappa shape index (κ1) is 12.9. The highest BCUT2D eigenvalue weighted by atomic mass is 15.3. The Bertz CT molecular complexity index is 273. The maximum atomic E-state index is 3.85. The average Bonchev–Trinajstić information content (AvgIpc) is 2.50. The minimum Gasteiger partial charge on any atom is -0.312 e. The summed E-state index contributed by atoms with van der Waals surface area (Å²) < 4.78 is 0. The van der Waals surface area contributed by atoms with Gasteiger partial charge in [-0.3, -0.25) is 4.90 Å². The first-order valence-corrected chi connectivity index (χ1v) is 8.05. The van der Waals surface area contributed by atoms with Crippen molar-refractivity contribution in [2.45, 2.75) is 65.1 Å². The monoisotopic (exact) mass is 250 g/mol. The lowest BCUT2D eigenvalue weighted by Gasteiger charge is -2.43. The summed E-state index contributed by atoms with van der Waals surface area (Å²) >= 11 is 0. The van der Waals surface area contributed by atoms with Crippen LogP contribution in [0.5, 0.6) is 0 Å². The fraction of sp³-hybridized carbons (Fsp3) is 1.00. The van der Waals surface area contributed by atoms with Crippen LogP contribution in [0, 0.1) is 23.7 Å².